The molecule has 0 spiro atoms. The Morgan fingerprint density at radius 1 is 1.32 bits per heavy atom. The molecule has 0 unspecified atom stereocenters. The highest BCUT2D eigenvalue weighted by Crippen LogP contribution is 2.35. The van der Waals surface area contributed by atoms with E-state index in [9.17, 15) is 14.7 Å². The van der Waals surface area contributed by atoms with Gasteiger partial charge in [0.15, 0.2) is 0 Å². The molecule has 0 bridgehead atoms. The van der Waals surface area contributed by atoms with E-state index in [1.165, 1.54) is 9.47 Å². The second kappa shape index (κ2) is 6.56. The van der Waals surface area contributed by atoms with Crippen molar-refractivity contribution in [3.63, 3.8) is 0 Å². The predicted octanol–water partition coefficient (Wildman–Crippen LogP) is 3.22. The number of benzene rings is 1. The molecule has 2 aromatic heterocycles. The summed E-state index contributed by atoms with van der Waals surface area (Å²) >= 11 is 6.32. The number of aryl methyl sites for hydroxylation is 2. The lowest BCUT2D eigenvalue weighted by Gasteiger charge is -2.31. The molecule has 0 saturated heterocycles. The number of amides is 1. The molecule has 1 atom stereocenters. The molecule has 0 aliphatic carbocycles. The van der Waals surface area contributed by atoms with Crippen molar-refractivity contribution in [2.75, 3.05) is 6.54 Å². The lowest BCUT2D eigenvalue weighted by atomic mass is 10.00. The lowest BCUT2D eigenvalue weighted by molar-refractivity contribution is 0.124. The van der Waals surface area contributed by atoms with Gasteiger partial charge in [0.1, 0.15) is 5.82 Å². The number of imidazole rings is 1. The number of carboxylic acid groups (broad SMARTS) is 1. The van der Waals surface area contributed by atoms with Crippen LogP contribution in [0.15, 0.2) is 29.3 Å². The number of aromatic amines is 1. The van der Waals surface area contributed by atoms with Crippen LogP contribution in [-0.4, -0.2) is 42.0 Å². The summed E-state index contributed by atoms with van der Waals surface area (Å²) in [6.07, 6.45) is 2.67. The van der Waals surface area contributed by atoms with E-state index in [4.69, 9.17) is 16.7 Å². The second-order valence-corrected chi connectivity index (χ2v) is 7.40. The Morgan fingerprint density at radius 2 is 2.00 bits per heavy atom. The Kier molecular flexibility index (Phi) is 4.30. The van der Waals surface area contributed by atoms with Gasteiger partial charge in [0, 0.05) is 35.9 Å². The van der Waals surface area contributed by atoms with Crippen molar-refractivity contribution in [3.8, 4) is 11.5 Å². The SMILES string of the molecule is Cc1cc(-n2nc3c(c2-n2cc[nH]c2=O)[C@H](C)N(C(=O)O)CC3)cc(C)c1Cl. The van der Waals surface area contributed by atoms with Crippen LogP contribution in [0.25, 0.3) is 11.5 Å². The normalized spacial score (nSPS) is 16.3. The van der Waals surface area contributed by atoms with Crippen LogP contribution in [0.3, 0.4) is 0 Å². The molecule has 2 N–H and O–H groups in total. The van der Waals surface area contributed by atoms with E-state index in [0.29, 0.717) is 23.8 Å². The molecule has 1 aliphatic rings. The fourth-order valence-electron chi connectivity index (χ4n) is 3.86. The van der Waals surface area contributed by atoms with Crippen molar-refractivity contribution in [1.29, 1.82) is 0 Å². The molecule has 1 amide bonds. The molecule has 8 nitrogen and oxygen atoms in total. The van der Waals surface area contributed by atoms with Crippen LogP contribution in [0.4, 0.5) is 4.79 Å². The maximum atomic E-state index is 12.4. The van der Waals surface area contributed by atoms with Crippen molar-refractivity contribution < 1.29 is 9.90 Å². The zero-order valence-electron chi connectivity index (χ0n) is 15.7. The average Bonchev–Trinajstić information content (AvgIpc) is 3.22. The van der Waals surface area contributed by atoms with E-state index < -0.39 is 12.1 Å². The minimum Gasteiger partial charge on any atom is -0.465 e. The highest BCUT2D eigenvalue weighted by atomic mass is 35.5. The number of fused-ring (bicyclic) bond motifs is 1. The van der Waals surface area contributed by atoms with Gasteiger partial charge in [-0.3, -0.25) is 4.57 Å². The summed E-state index contributed by atoms with van der Waals surface area (Å²) in [4.78, 5) is 28.1. The summed E-state index contributed by atoms with van der Waals surface area (Å²) in [7, 11) is 0. The molecular formula is C19H20ClN5O3. The van der Waals surface area contributed by atoms with E-state index in [-0.39, 0.29) is 5.69 Å². The minimum absolute atomic E-state index is 0.314. The lowest BCUT2D eigenvalue weighted by Crippen LogP contribution is -2.38. The van der Waals surface area contributed by atoms with Crippen LogP contribution in [0.1, 0.15) is 35.3 Å². The first-order valence-corrected chi connectivity index (χ1v) is 9.32. The molecule has 3 aromatic rings. The number of nitrogens with zero attached hydrogens (tertiary/aromatic N) is 4. The molecule has 0 radical (unpaired) electrons. The van der Waals surface area contributed by atoms with Crippen LogP contribution < -0.4 is 5.69 Å². The first-order chi connectivity index (χ1) is 13.3. The first-order valence-electron chi connectivity index (χ1n) is 8.94. The van der Waals surface area contributed by atoms with Crippen LogP contribution in [0.2, 0.25) is 5.02 Å². The standard InChI is InChI=1S/C19H20ClN5O3/c1-10-8-13(9-11(2)16(10)20)25-17(24-7-5-21-18(24)26)15-12(3)23(19(27)28)6-4-14(15)22-25/h5,7-9,12H,4,6H2,1-3H3,(H,21,26)(H,27,28)/t12-/m0/s1. The summed E-state index contributed by atoms with van der Waals surface area (Å²) in [5.74, 6) is 0.542. The highest BCUT2D eigenvalue weighted by Gasteiger charge is 2.34. The summed E-state index contributed by atoms with van der Waals surface area (Å²) in [6.45, 7) is 6.01. The van der Waals surface area contributed by atoms with Gasteiger partial charge in [0.2, 0.25) is 0 Å². The van der Waals surface area contributed by atoms with Gasteiger partial charge in [-0.25, -0.2) is 14.3 Å². The van der Waals surface area contributed by atoms with E-state index in [1.54, 1.807) is 17.1 Å². The largest absolute Gasteiger partial charge is 0.465 e. The average molecular weight is 402 g/mol. The summed E-state index contributed by atoms with van der Waals surface area (Å²) in [6, 6.07) is 3.39. The van der Waals surface area contributed by atoms with E-state index in [1.807, 2.05) is 32.9 Å². The Labute approximate surface area is 166 Å². The van der Waals surface area contributed by atoms with Gasteiger partial charge >= 0.3 is 11.8 Å². The molecule has 1 aliphatic heterocycles. The van der Waals surface area contributed by atoms with Crippen molar-refractivity contribution >= 4 is 17.7 Å². The Hall–Kier alpha value is -3.00. The third-order valence-corrected chi connectivity index (χ3v) is 5.83. The summed E-state index contributed by atoms with van der Waals surface area (Å²) in [5.41, 5.74) is 3.78. The quantitative estimate of drug-likeness (QED) is 0.689. The van der Waals surface area contributed by atoms with E-state index in [2.05, 4.69) is 4.98 Å². The monoisotopic (exact) mass is 401 g/mol. The van der Waals surface area contributed by atoms with Gasteiger partial charge in [-0.05, 0) is 44.0 Å². The maximum Gasteiger partial charge on any atom is 0.407 e. The molecule has 28 heavy (non-hydrogen) atoms. The molecule has 4 rings (SSSR count). The zero-order valence-corrected chi connectivity index (χ0v) is 16.5. The van der Waals surface area contributed by atoms with Gasteiger partial charge < -0.3 is 15.0 Å². The van der Waals surface area contributed by atoms with Crippen LogP contribution in [0, 0.1) is 13.8 Å². The number of nitrogens with one attached hydrogen (secondary N) is 1. The van der Waals surface area contributed by atoms with Crippen LogP contribution >= 0.6 is 11.6 Å². The Morgan fingerprint density at radius 3 is 2.57 bits per heavy atom. The van der Waals surface area contributed by atoms with Crippen molar-refractivity contribution in [2.45, 2.75) is 33.2 Å². The fraction of sp³-hybridized carbons (Fsp3) is 0.316. The number of hydrogen-bond donors (Lipinski definition) is 2. The van der Waals surface area contributed by atoms with Gasteiger partial charge in [-0.15, -0.1) is 0 Å². The topological polar surface area (TPSA) is 96.2 Å². The van der Waals surface area contributed by atoms with Gasteiger partial charge in [-0.2, -0.15) is 5.10 Å². The molecule has 146 valence electrons. The number of aromatic nitrogens is 4. The summed E-state index contributed by atoms with van der Waals surface area (Å²) in [5, 5.41) is 15.0. The third kappa shape index (κ3) is 2.72. The van der Waals surface area contributed by atoms with E-state index >= 15 is 0 Å². The van der Waals surface area contributed by atoms with Crippen LogP contribution in [0.5, 0.6) is 0 Å². The molecule has 0 fully saturated rings. The number of hydrogen-bond acceptors (Lipinski definition) is 3. The van der Waals surface area contributed by atoms with Crippen LogP contribution in [-0.2, 0) is 6.42 Å². The van der Waals surface area contributed by atoms with Crippen molar-refractivity contribution in [1.82, 2.24) is 24.2 Å². The second-order valence-electron chi connectivity index (χ2n) is 7.03. The first kappa shape index (κ1) is 18.4. The van der Waals surface area contributed by atoms with E-state index in [0.717, 1.165) is 28.1 Å². The number of rotatable bonds is 2. The molecule has 9 heteroatoms. The van der Waals surface area contributed by atoms with Gasteiger partial charge in [0.05, 0.1) is 17.4 Å². The van der Waals surface area contributed by atoms with Gasteiger partial charge in [0.25, 0.3) is 0 Å². The Balaban J connectivity index is 2.02. The summed E-state index contributed by atoms with van der Waals surface area (Å²) < 4.78 is 3.17. The highest BCUT2D eigenvalue weighted by molar-refractivity contribution is 6.32. The molecule has 1 aromatic carbocycles. The maximum absolute atomic E-state index is 12.4. The predicted molar refractivity (Wildman–Crippen MR) is 105 cm³/mol. The molecular weight excluding hydrogens is 382 g/mol. The van der Waals surface area contributed by atoms with Gasteiger partial charge in [-0.1, -0.05) is 11.6 Å². The third-order valence-electron chi connectivity index (χ3n) is 5.24. The smallest absolute Gasteiger partial charge is 0.407 e. The molecule has 3 heterocycles. The Bertz CT molecular complexity index is 1120. The van der Waals surface area contributed by atoms with Crippen molar-refractivity contribution in [3.05, 3.63) is 62.4 Å². The number of carbonyl (C=O) groups is 1. The minimum atomic E-state index is -0.989. The zero-order chi connectivity index (χ0) is 20.2. The number of H-pyrrole nitrogens is 1. The molecule has 0 saturated carbocycles. The fourth-order valence-corrected chi connectivity index (χ4v) is 3.97. The van der Waals surface area contributed by atoms with Crippen molar-refractivity contribution in [2.24, 2.45) is 0 Å². The number of halogens is 1.